The van der Waals surface area contributed by atoms with Gasteiger partial charge in [-0.1, -0.05) is 37.5 Å². The number of amides is 1. The zero-order valence-corrected chi connectivity index (χ0v) is 13.7. The van der Waals surface area contributed by atoms with Gasteiger partial charge < -0.3 is 10.3 Å². The fourth-order valence-corrected chi connectivity index (χ4v) is 4.67. The number of hydrogen-bond donors (Lipinski definition) is 2. The highest BCUT2D eigenvalue weighted by molar-refractivity contribution is 5.88. The minimum atomic E-state index is -0.250. The van der Waals surface area contributed by atoms with E-state index >= 15 is 0 Å². The van der Waals surface area contributed by atoms with Gasteiger partial charge in [-0.2, -0.15) is 0 Å². The van der Waals surface area contributed by atoms with Crippen LogP contribution in [0.1, 0.15) is 49.4 Å². The third-order valence-corrected chi connectivity index (χ3v) is 5.81. The Morgan fingerprint density at radius 2 is 1.96 bits per heavy atom. The Labute approximate surface area is 137 Å². The van der Waals surface area contributed by atoms with Crippen molar-refractivity contribution in [2.75, 3.05) is 0 Å². The third kappa shape index (κ3) is 2.36. The molecule has 1 aliphatic heterocycles. The molecule has 0 radical (unpaired) electrons. The normalized spacial score (nSPS) is 25.4. The predicted molar refractivity (Wildman–Crippen MR) is 92.1 cm³/mol. The number of nitrogens with zero attached hydrogens (tertiary/aromatic N) is 1. The number of carbonyl (C=O) groups excluding carboxylic acids is 1. The minimum absolute atomic E-state index is 0.232. The summed E-state index contributed by atoms with van der Waals surface area (Å²) in [7, 11) is 2.16. The molecule has 1 aromatic carbocycles. The Kier molecular flexibility index (Phi) is 3.64. The average Bonchev–Trinajstić information content (AvgIpc) is 2.88. The fraction of sp³-hybridized carbons (Fsp3) is 0.526. The largest absolute Gasteiger partial charge is 0.368 e. The van der Waals surface area contributed by atoms with Gasteiger partial charge >= 0.3 is 0 Å². The summed E-state index contributed by atoms with van der Waals surface area (Å²) in [6, 6.07) is 8.51. The summed E-state index contributed by atoms with van der Waals surface area (Å²) in [5.41, 5.74) is 9.61. The lowest BCUT2D eigenvalue weighted by molar-refractivity contribution is -0.120. The van der Waals surface area contributed by atoms with Crippen molar-refractivity contribution in [2.24, 2.45) is 18.7 Å². The number of nitrogens with two attached hydrogens (primary N) is 1. The van der Waals surface area contributed by atoms with Crippen molar-refractivity contribution in [1.29, 1.82) is 0 Å². The van der Waals surface area contributed by atoms with Crippen molar-refractivity contribution in [3.05, 3.63) is 35.5 Å². The number of benzene rings is 1. The lowest BCUT2D eigenvalue weighted by Gasteiger charge is -2.37. The molecule has 0 spiro atoms. The molecular weight excluding hydrogens is 286 g/mol. The Morgan fingerprint density at radius 1 is 1.22 bits per heavy atom. The van der Waals surface area contributed by atoms with Gasteiger partial charge in [0, 0.05) is 23.6 Å². The first-order chi connectivity index (χ1) is 11.2. The number of fused-ring (bicyclic) bond motifs is 3. The van der Waals surface area contributed by atoms with E-state index in [-0.39, 0.29) is 18.0 Å². The molecule has 122 valence electrons. The molecule has 0 saturated heterocycles. The van der Waals surface area contributed by atoms with E-state index in [1.807, 2.05) is 0 Å². The van der Waals surface area contributed by atoms with Crippen LogP contribution in [0.3, 0.4) is 0 Å². The smallest absolute Gasteiger partial charge is 0.234 e. The van der Waals surface area contributed by atoms with Crippen LogP contribution in [0.15, 0.2) is 24.3 Å². The topological polar surface area (TPSA) is 60.0 Å². The number of primary amides is 1. The summed E-state index contributed by atoms with van der Waals surface area (Å²) in [4.78, 5) is 11.9. The van der Waals surface area contributed by atoms with Crippen LogP contribution in [-0.2, 0) is 18.3 Å². The van der Waals surface area contributed by atoms with Gasteiger partial charge in [0.05, 0.1) is 12.1 Å². The van der Waals surface area contributed by atoms with Crippen LogP contribution in [0.25, 0.3) is 10.9 Å². The van der Waals surface area contributed by atoms with Crippen LogP contribution in [0, 0.1) is 5.92 Å². The summed E-state index contributed by atoms with van der Waals surface area (Å²) < 4.78 is 2.33. The maximum atomic E-state index is 11.9. The molecule has 1 amide bonds. The maximum absolute atomic E-state index is 11.9. The first-order valence-corrected chi connectivity index (χ1v) is 8.78. The van der Waals surface area contributed by atoms with E-state index in [1.165, 1.54) is 54.3 Å². The fourth-order valence-electron chi connectivity index (χ4n) is 4.67. The minimum Gasteiger partial charge on any atom is -0.368 e. The number of nitrogens with one attached hydrogen (secondary N) is 1. The monoisotopic (exact) mass is 311 g/mol. The Bertz CT molecular complexity index is 742. The number of carbonyl (C=O) groups is 1. The first kappa shape index (κ1) is 14.8. The van der Waals surface area contributed by atoms with Crippen molar-refractivity contribution in [1.82, 2.24) is 9.88 Å². The van der Waals surface area contributed by atoms with Crippen molar-refractivity contribution < 1.29 is 4.79 Å². The van der Waals surface area contributed by atoms with Crippen LogP contribution in [0.2, 0.25) is 0 Å². The van der Waals surface area contributed by atoms with Crippen LogP contribution in [0.4, 0.5) is 0 Å². The van der Waals surface area contributed by atoms with Crippen LogP contribution < -0.4 is 11.1 Å². The standard InChI is InChI=1S/C19H25N3O/c1-22-16-10-6-5-9-13(16)14-11-15(19(20)23)21-17(18(14)22)12-7-3-2-4-8-12/h5-6,9-10,12,15,17,21H,2-4,7-8,11H2,1H3,(H2,20,23)/t15-,17?/m1/s1. The van der Waals surface area contributed by atoms with E-state index in [1.54, 1.807) is 0 Å². The molecular formula is C19H25N3O. The molecule has 0 bridgehead atoms. The average molecular weight is 311 g/mol. The summed E-state index contributed by atoms with van der Waals surface area (Å²) in [5.74, 6) is 0.372. The van der Waals surface area contributed by atoms with Gasteiger partial charge in [-0.3, -0.25) is 10.1 Å². The van der Waals surface area contributed by atoms with Gasteiger partial charge in [0.2, 0.25) is 5.91 Å². The summed E-state index contributed by atoms with van der Waals surface area (Å²) in [6.07, 6.45) is 7.11. The van der Waals surface area contributed by atoms with Gasteiger partial charge in [-0.25, -0.2) is 0 Å². The molecule has 3 N–H and O–H groups in total. The van der Waals surface area contributed by atoms with E-state index in [9.17, 15) is 4.79 Å². The van der Waals surface area contributed by atoms with Crippen molar-refractivity contribution in [3.8, 4) is 0 Å². The Balaban J connectivity index is 1.86. The number of para-hydroxylation sites is 1. The third-order valence-electron chi connectivity index (χ3n) is 5.81. The summed E-state index contributed by atoms with van der Waals surface area (Å²) in [6.45, 7) is 0. The zero-order valence-electron chi connectivity index (χ0n) is 13.7. The summed E-state index contributed by atoms with van der Waals surface area (Å²) >= 11 is 0. The van der Waals surface area contributed by atoms with Crippen molar-refractivity contribution in [2.45, 2.75) is 50.6 Å². The second-order valence-electron chi connectivity index (χ2n) is 7.14. The van der Waals surface area contributed by atoms with Gasteiger partial charge in [0.25, 0.3) is 0 Å². The van der Waals surface area contributed by atoms with Crippen LogP contribution >= 0.6 is 0 Å². The second-order valence-corrected chi connectivity index (χ2v) is 7.14. The molecule has 2 atom stereocenters. The quantitative estimate of drug-likeness (QED) is 0.896. The number of aryl methyl sites for hydroxylation is 1. The van der Waals surface area contributed by atoms with E-state index in [0.29, 0.717) is 12.3 Å². The van der Waals surface area contributed by atoms with Crippen LogP contribution in [-0.4, -0.2) is 16.5 Å². The molecule has 4 heteroatoms. The van der Waals surface area contributed by atoms with Gasteiger partial charge in [0.1, 0.15) is 0 Å². The number of hydrogen-bond acceptors (Lipinski definition) is 2. The zero-order chi connectivity index (χ0) is 16.0. The van der Waals surface area contributed by atoms with E-state index in [2.05, 4.69) is 41.2 Å². The first-order valence-electron chi connectivity index (χ1n) is 8.78. The van der Waals surface area contributed by atoms with E-state index in [4.69, 9.17) is 5.73 Å². The van der Waals surface area contributed by atoms with E-state index in [0.717, 1.165) is 0 Å². The van der Waals surface area contributed by atoms with Gasteiger partial charge in [0.15, 0.2) is 0 Å². The second kappa shape index (κ2) is 5.68. The van der Waals surface area contributed by atoms with Crippen molar-refractivity contribution >= 4 is 16.8 Å². The summed E-state index contributed by atoms with van der Waals surface area (Å²) in [5, 5.41) is 4.86. The molecule has 2 heterocycles. The number of aromatic nitrogens is 1. The molecule has 2 aromatic rings. The van der Waals surface area contributed by atoms with Gasteiger partial charge in [-0.05, 0) is 36.8 Å². The molecule has 1 saturated carbocycles. The van der Waals surface area contributed by atoms with Crippen LogP contribution in [0.5, 0.6) is 0 Å². The lowest BCUT2D eigenvalue weighted by Crippen LogP contribution is -2.50. The lowest BCUT2D eigenvalue weighted by atomic mass is 9.79. The molecule has 1 aromatic heterocycles. The molecule has 1 fully saturated rings. The predicted octanol–water partition coefficient (Wildman–Crippen LogP) is 2.80. The Hall–Kier alpha value is -1.81. The highest BCUT2D eigenvalue weighted by Crippen LogP contribution is 2.41. The maximum Gasteiger partial charge on any atom is 0.234 e. The SMILES string of the molecule is Cn1c2c(c3ccccc31)C[C@H](C(N)=O)NC2C1CCCCC1. The molecule has 1 unspecified atom stereocenters. The molecule has 4 nitrogen and oxygen atoms in total. The van der Waals surface area contributed by atoms with Crippen molar-refractivity contribution in [3.63, 3.8) is 0 Å². The highest BCUT2D eigenvalue weighted by atomic mass is 16.1. The molecule has 2 aliphatic rings. The molecule has 23 heavy (non-hydrogen) atoms. The molecule has 4 rings (SSSR count). The van der Waals surface area contributed by atoms with E-state index < -0.39 is 0 Å². The van der Waals surface area contributed by atoms with Gasteiger partial charge in [-0.15, -0.1) is 0 Å². The Morgan fingerprint density at radius 3 is 2.70 bits per heavy atom. The molecule has 1 aliphatic carbocycles. The number of rotatable bonds is 2. The highest BCUT2D eigenvalue weighted by Gasteiger charge is 2.37.